The Kier molecular flexibility index (Phi) is 9.04. The normalized spacial score (nSPS) is 12.1. The van der Waals surface area contributed by atoms with Crippen LogP contribution in [0.3, 0.4) is 0 Å². The quantitative estimate of drug-likeness (QED) is 0.192. The summed E-state index contributed by atoms with van der Waals surface area (Å²) in [5.74, 6) is -0.894. The molecule has 4 aromatic rings. The van der Waals surface area contributed by atoms with Gasteiger partial charge in [0.1, 0.15) is 11.5 Å². The highest BCUT2D eigenvalue weighted by molar-refractivity contribution is 7.92. The van der Waals surface area contributed by atoms with Gasteiger partial charge in [0.05, 0.1) is 4.90 Å². The lowest BCUT2D eigenvalue weighted by molar-refractivity contribution is -0.275. The van der Waals surface area contributed by atoms with E-state index < -0.39 is 34.2 Å². The number of alkyl halides is 6. The molecule has 43 heavy (non-hydrogen) atoms. The molecule has 15 heteroatoms. The Bertz CT molecular complexity index is 1560. The van der Waals surface area contributed by atoms with Gasteiger partial charge in [0.15, 0.2) is 0 Å². The van der Waals surface area contributed by atoms with E-state index in [0.717, 1.165) is 24.3 Å². The highest BCUT2D eigenvalue weighted by Gasteiger charge is 2.31. The molecule has 4 rings (SSSR count). The molecule has 1 N–H and O–H groups in total. The highest BCUT2D eigenvalue weighted by Crippen LogP contribution is 2.28. The van der Waals surface area contributed by atoms with E-state index in [2.05, 4.69) is 24.2 Å². The summed E-state index contributed by atoms with van der Waals surface area (Å²) in [5.41, 5.74) is 2.83. The van der Waals surface area contributed by atoms with Crippen molar-refractivity contribution in [2.75, 3.05) is 9.62 Å². The molecule has 0 amide bonds. The first-order chi connectivity index (χ1) is 20.0. The molecule has 0 bridgehead atoms. The SMILES string of the molecule is Cc1cc(C)nc(NS(=O)(=O)c2ccc(N(Cc3ccc(OC(F)(F)F)cc3)Cc3ccc(OC(F)(F)F)cc3)cc2)n1. The van der Waals surface area contributed by atoms with E-state index in [1.54, 1.807) is 24.8 Å². The number of nitrogens with zero attached hydrogens (tertiary/aromatic N) is 3. The third-order valence-electron chi connectivity index (χ3n) is 5.78. The second-order valence-corrected chi connectivity index (χ2v) is 11.0. The van der Waals surface area contributed by atoms with Crippen molar-refractivity contribution < 1.29 is 44.2 Å². The topological polar surface area (TPSA) is 93.7 Å². The molecule has 228 valence electrons. The Morgan fingerprint density at radius 2 is 1.12 bits per heavy atom. The molecule has 0 fully saturated rings. The van der Waals surface area contributed by atoms with E-state index in [4.69, 9.17) is 0 Å². The molecule has 1 heterocycles. The number of hydrogen-bond acceptors (Lipinski definition) is 7. The molecule has 0 aliphatic rings. The number of halogens is 6. The predicted octanol–water partition coefficient (Wildman–Crippen LogP) is 6.90. The van der Waals surface area contributed by atoms with Gasteiger partial charge in [0.25, 0.3) is 10.0 Å². The number of ether oxygens (including phenoxy) is 2. The summed E-state index contributed by atoms with van der Waals surface area (Å²) < 4.78 is 111. The van der Waals surface area contributed by atoms with Gasteiger partial charge >= 0.3 is 12.7 Å². The number of nitrogens with one attached hydrogen (secondary N) is 1. The summed E-state index contributed by atoms with van der Waals surface area (Å²) in [4.78, 5) is 9.84. The van der Waals surface area contributed by atoms with Crippen molar-refractivity contribution in [3.05, 3.63) is 101 Å². The van der Waals surface area contributed by atoms with E-state index in [9.17, 15) is 34.8 Å². The summed E-state index contributed by atoms with van der Waals surface area (Å²) in [6.07, 6.45) is -9.70. The summed E-state index contributed by atoms with van der Waals surface area (Å²) in [6.45, 7) is 3.69. The van der Waals surface area contributed by atoms with Crippen LogP contribution in [0.4, 0.5) is 38.0 Å². The zero-order chi connectivity index (χ0) is 31.4. The minimum absolute atomic E-state index is 0.0822. The van der Waals surface area contributed by atoms with Crippen LogP contribution in [-0.2, 0) is 23.1 Å². The maximum atomic E-state index is 13.0. The fourth-order valence-corrected chi connectivity index (χ4v) is 5.00. The number of rotatable bonds is 10. The zero-order valence-corrected chi connectivity index (χ0v) is 23.4. The smallest absolute Gasteiger partial charge is 0.406 e. The van der Waals surface area contributed by atoms with Crippen LogP contribution in [0.25, 0.3) is 0 Å². The van der Waals surface area contributed by atoms with Crippen molar-refractivity contribution in [3.63, 3.8) is 0 Å². The second-order valence-electron chi connectivity index (χ2n) is 9.31. The summed E-state index contributed by atoms with van der Waals surface area (Å²) in [6, 6.07) is 17.8. The molecule has 0 aliphatic heterocycles. The Morgan fingerprint density at radius 3 is 1.51 bits per heavy atom. The Balaban J connectivity index is 1.58. The Labute approximate surface area is 243 Å². The van der Waals surface area contributed by atoms with Crippen LogP contribution in [0.5, 0.6) is 11.5 Å². The van der Waals surface area contributed by atoms with Crippen molar-refractivity contribution in [2.45, 2.75) is 44.6 Å². The Morgan fingerprint density at radius 1 is 0.698 bits per heavy atom. The molecule has 3 aromatic carbocycles. The first kappa shape index (κ1) is 31.4. The molecular formula is C28H24F6N4O4S. The molecule has 1 aromatic heterocycles. The number of sulfonamides is 1. The van der Waals surface area contributed by atoms with Gasteiger partial charge < -0.3 is 14.4 Å². The van der Waals surface area contributed by atoms with E-state index in [1.807, 2.05) is 0 Å². The average molecular weight is 627 g/mol. The van der Waals surface area contributed by atoms with Gasteiger partial charge in [-0.15, -0.1) is 26.3 Å². The van der Waals surface area contributed by atoms with E-state index in [1.165, 1.54) is 48.5 Å². The lowest BCUT2D eigenvalue weighted by atomic mass is 10.1. The van der Waals surface area contributed by atoms with Crippen LogP contribution in [0.2, 0.25) is 0 Å². The minimum atomic E-state index is -4.85. The predicted molar refractivity (Wildman–Crippen MR) is 145 cm³/mol. The van der Waals surface area contributed by atoms with Crippen LogP contribution in [-0.4, -0.2) is 31.1 Å². The summed E-state index contributed by atoms with van der Waals surface area (Å²) >= 11 is 0. The molecule has 0 atom stereocenters. The van der Waals surface area contributed by atoms with Crippen LogP contribution in [0.1, 0.15) is 22.5 Å². The van der Waals surface area contributed by atoms with Gasteiger partial charge in [0, 0.05) is 30.2 Å². The maximum absolute atomic E-state index is 13.0. The van der Waals surface area contributed by atoms with Crippen molar-refractivity contribution in [1.82, 2.24) is 9.97 Å². The third-order valence-corrected chi connectivity index (χ3v) is 7.12. The first-order valence-electron chi connectivity index (χ1n) is 12.4. The fraction of sp³-hybridized carbons (Fsp3) is 0.214. The molecule has 8 nitrogen and oxygen atoms in total. The van der Waals surface area contributed by atoms with Gasteiger partial charge in [-0.3, -0.25) is 0 Å². The van der Waals surface area contributed by atoms with Crippen LogP contribution < -0.4 is 19.1 Å². The minimum Gasteiger partial charge on any atom is -0.406 e. The number of hydrogen-bond donors (Lipinski definition) is 1. The van der Waals surface area contributed by atoms with Gasteiger partial charge in [-0.1, -0.05) is 24.3 Å². The molecule has 0 radical (unpaired) electrons. The number of anilines is 2. The van der Waals surface area contributed by atoms with E-state index in [0.29, 0.717) is 28.2 Å². The van der Waals surface area contributed by atoms with Gasteiger partial charge in [-0.25, -0.2) is 23.1 Å². The second kappa shape index (κ2) is 12.4. The van der Waals surface area contributed by atoms with Gasteiger partial charge in [-0.2, -0.15) is 0 Å². The fourth-order valence-electron chi connectivity index (χ4n) is 4.06. The average Bonchev–Trinajstić information content (AvgIpc) is 2.88. The van der Waals surface area contributed by atoms with E-state index in [-0.39, 0.29) is 23.9 Å². The lowest BCUT2D eigenvalue weighted by Crippen LogP contribution is -2.22. The first-order valence-corrected chi connectivity index (χ1v) is 13.9. The summed E-state index contributed by atoms with van der Waals surface area (Å²) in [5, 5.41) is 0. The van der Waals surface area contributed by atoms with Gasteiger partial charge in [0.2, 0.25) is 5.95 Å². The molecule has 0 unspecified atom stereocenters. The summed E-state index contributed by atoms with van der Waals surface area (Å²) in [7, 11) is -4.05. The molecule has 0 spiro atoms. The molecule has 0 saturated heterocycles. The Hall–Kier alpha value is -4.53. The largest absolute Gasteiger partial charge is 0.573 e. The van der Waals surface area contributed by atoms with Crippen molar-refractivity contribution in [3.8, 4) is 11.5 Å². The van der Waals surface area contributed by atoms with Crippen LogP contribution in [0, 0.1) is 13.8 Å². The standard InChI is InChI=1S/C28H24F6N4O4S/c1-18-15-19(2)36-26(35-18)37-43(39,40)25-13-7-22(8-14-25)38(16-20-3-9-23(10-4-20)41-27(29,30)31)17-21-5-11-24(12-6-21)42-28(32,33)34/h3-15H,16-17H2,1-2H3,(H,35,36,37). The highest BCUT2D eigenvalue weighted by atomic mass is 32.2. The van der Waals surface area contributed by atoms with Crippen LogP contribution in [0.15, 0.2) is 83.8 Å². The van der Waals surface area contributed by atoms with Crippen LogP contribution >= 0.6 is 0 Å². The maximum Gasteiger partial charge on any atom is 0.573 e. The van der Waals surface area contributed by atoms with Crippen molar-refractivity contribution >= 4 is 21.7 Å². The van der Waals surface area contributed by atoms with E-state index >= 15 is 0 Å². The zero-order valence-electron chi connectivity index (χ0n) is 22.6. The monoisotopic (exact) mass is 626 g/mol. The van der Waals surface area contributed by atoms with Gasteiger partial charge in [-0.05, 0) is 79.6 Å². The lowest BCUT2D eigenvalue weighted by Gasteiger charge is -2.26. The van der Waals surface area contributed by atoms with Crippen molar-refractivity contribution in [2.24, 2.45) is 0 Å². The third kappa shape index (κ3) is 9.49. The number of aryl methyl sites for hydroxylation is 2. The molecule has 0 saturated carbocycles. The number of benzene rings is 3. The molecule has 0 aliphatic carbocycles. The van der Waals surface area contributed by atoms with Crippen molar-refractivity contribution in [1.29, 1.82) is 0 Å². The molecular weight excluding hydrogens is 602 g/mol. The number of aromatic nitrogens is 2.